The number of hydrogen-bond donors (Lipinski definition) is 1. The highest BCUT2D eigenvalue weighted by atomic mass is 28.4. The SMILES string of the molecule is CC(C)(C)[Si](C)(C)OC[C@H]1O[C@@H](n2c(/C=C/c3cccc4ccccc34)nc3c(N)ncnc32)[C@H](O[Si](C)(C)C(C)(C)C)[C@@H]1O[Si](C)(C)C(C)(C)C. The Balaban J connectivity index is 1.71. The Morgan fingerprint density at radius 3 is 1.94 bits per heavy atom. The second-order valence-electron chi connectivity index (χ2n) is 19.0. The first kappa shape index (κ1) is 40.5. The molecule has 1 fully saturated rings. The molecule has 9 nitrogen and oxygen atoms in total. The summed E-state index contributed by atoms with van der Waals surface area (Å²) >= 11 is 0. The van der Waals surface area contributed by atoms with E-state index in [0.717, 1.165) is 10.9 Å². The van der Waals surface area contributed by atoms with Crippen molar-refractivity contribution < 1.29 is 18.0 Å². The van der Waals surface area contributed by atoms with Gasteiger partial charge in [0.2, 0.25) is 0 Å². The Morgan fingerprint density at radius 1 is 0.750 bits per heavy atom. The zero-order chi connectivity index (χ0) is 38.7. The van der Waals surface area contributed by atoms with Crippen molar-refractivity contribution in [1.82, 2.24) is 19.5 Å². The third kappa shape index (κ3) is 8.03. The molecular weight excluding hydrogens is 699 g/mol. The molecule has 0 radical (unpaired) electrons. The lowest BCUT2D eigenvalue weighted by Crippen LogP contribution is -2.54. The number of anilines is 1. The number of aromatic nitrogens is 4. The number of nitrogens with two attached hydrogens (primary N) is 1. The molecule has 52 heavy (non-hydrogen) atoms. The number of imidazole rings is 1. The minimum absolute atomic E-state index is 0.0341. The number of nitrogen functional groups attached to an aromatic ring is 1. The van der Waals surface area contributed by atoms with Gasteiger partial charge in [-0.25, -0.2) is 15.0 Å². The minimum atomic E-state index is -2.39. The van der Waals surface area contributed by atoms with E-state index >= 15 is 0 Å². The van der Waals surface area contributed by atoms with Gasteiger partial charge in [-0.1, -0.05) is 111 Å². The summed E-state index contributed by atoms with van der Waals surface area (Å²) in [6, 6.07) is 14.7. The fourth-order valence-electron chi connectivity index (χ4n) is 5.73. The van der Waals surface area contributed by atoms with Gasteiger partial charge in [-0.05, 0) is 76.8 Å². The zero-order valence-corrected chi connectivity index (χ0v) is 37.3. The second-order valence-corrected chi connectivity index (χ2v) is 33.3. The van der Waals surface area contributed by atoms with Crippen LogP contribution < -0.4 is 5.73 Å². The molecule has 0 saturated carbocycles. The van der Waals surface area contributed by atoms with Gasteiger partial charge in [0.1, 0.15) is 30.5 Å². The molecule has 12 heteroatoms. The van der Waals surface area contributed by atoms with Gasteiger partial charge in [-0.3, -0.25) is 4.57 Å². The molecule has 2 aromatic heterocycles. The summed E-state index contributed by atoms with van der Waals surface area (Å²) in [6.45, 7) is 34.6. The average Bonchev–Trinajstić information content (AvgIpc) is 3.54. The maximum Gasteiger partial charge on any atom is 0.192 e. The van der Waals surface area contributed by atoms with Crippen molar-refractivity contribution in [3.63, 3.8) is 0 Å². The molecule has 284 valence electrons. The third-order valence-corrected chi connectivity index (χ3v) is 25.6. The first-order chi connectivity index (χ1) is 23.8. The van der Waals surface area contributed by atoms with Crippen molar-refractivity contribution in [2.45, 2.75) is 141 Å². The smallest absolute Gasteiger partial charge is 0.192 e. The molecule has 0 unspecified atom stereocenters. The maximum absolute atomic E-state index is 7.47. The highest BCUT2D eigenvalue weighted by molar-refractivity contribution is 6.75. The zero-order valence-electron chi connectivity index (χ0n) is 34.3. The molecule has 3 heterocycles. The minimum Gasteiger partial charge on any atom is -0.414 e. The highest BCUT2D eigenvalue weighted by Gasteiger charge is 2.55. The van der Waals surface area contributed by atoms with Crippen molar-refractivity contribution >= 4 is 64.9 Å². The largest absolute Gasteiger partial charge is 0.414 e. The number of hydrogen-bond acceptors (Lipinski definition) is 8. The van der Waals surface area contributed by atoms with Crippen LogP contribution >= 0.6 is 0 Å². The van der Waals surface area contributed by atoms with Crippen LogP contribution in [0.15, 0.2) is 48.8 Å². The van der Waals surface area contributed by atoms with E-state index < -0.39 is 49.5 Å². The first-order valence-corrected chi connectivity index (χ1v) is 27.4. The van der Waals surface area contributed by atoms with E-state index in [9.17, 15) is 0 Å². The van der Waals surface area contributed by atoms with Crippen LogP contribution in [0.25, 0.3) is 34.1 Å². The topological polar surface area (TPSA) is 107 Å². The van der Waals surface area contributed by atoms with Gasteiger partial charge >= 0.3 is 0 Å². The van der Waals surface area contributed by atoms with E-state index in [1.165, 1.54) is 11.7 Å². The molecule has 0 spiro atoms. The van der Waals surface area contributed by atoms with Crippen molar-refractivity contribution in [2.75, 3.05) is 12.3 Å². The Hall–Kier alpha value is -2.72. The van der Waals surface area contributed by atoms with Crippen LogP contribution in [0.3, 0.4) is 0 Å². The first-order valence-electron chi connectivity index (χ1n) is 18.6. The lowest BCUT2D eigenvalue weighted by Gasteiger charge is -2.44. The number of nitrogens with zero attached hydrogens (tertiary/aromatic N) is 4. The number of fused-ring (bicyclic) bond motifs is 2. The summed E-state index contributed by atoms with van der Waals surface area (Å²) in [5.41, 5.74) is 8.68. The van der Waals surface area contributed by atoms with Gasteiger partial charge in [-0.15, -0.1) is 0 Å². The quantitative estimate of drug-likeness (QED) is 0.159. The molecule has 4 aromatic rings. The molecule has 5 rings (SSSR count). The Morgan fingerprint density at radius 2 is 1.33 bits per heavy atom. The molecule has 0 bridgehead atoms. The van der Waals surface area contributed by atoms with Crippen molar-refractivity contribution in [3.05, 3.63) is 60.2 Å². The molecule has 0 aliphatic carbocycles. The molecule has 0 amide bonds. The molecule has 1 aliphatic heterocycles. The molecule has 1 aliphatic rings. The van der Waals surface area contributed by atoms with Gasteiger partial charge < -0.3 is 23.7 Å². The van der Waals surface area contributed by atoms with Gasteiger partial charge in [0.05, 0.1) is 6.61 Å². The summed E-state index contributed by atoms with van der Waals surface area (Å²) in [7, 11) is -6.87. The molecule has 4 atom stereocenters. The fraction of sp³-hybridized carbons (Fsp3) is 0.575. The fourth-order valence-corrected chi connectivity index (χ4v) is 9.35. The number of benzene rings is 2. The lowest BCUT2D eigenvalue weighted by atomic mass is 10.0. The second kappa shape index (κ2) is 14.2. The maximum atomic E-state index is 7.47. The van der Waals surface area contributed by atoms with Gasteiger partial charge in [0.15, 0.2) is 48.2 Å². The number of rotatable bonds is 10. The van der Waals surface area contributed by atoms with E-state index in [4.69, 9.17) is 33.7 Å². The van der Waals surface area contributed by atoms with Crippen molar-refractivity contribution in [3.8, 4) is 0 Å². The summed E-state index contributed by atoms with van der Waals surface area (Å²) in [4.78, 5) is 14.1. The van der Waals surface area contributed by atoms with Crippen LogP contribution in [0.4, 0.5) is 5.82 Å². The van der Waals surface area contributed by atoms with Gasteiger partial charge in [-0.2, -0.15) is 0 Å². The van der Waals surface area contributed by atoms with E-state index in [1.54, 1.807) is 0 Å². The molecule has 2 N–H and O–H groups in total. The van der Waals surface area contributed by atoms with Crippen molar-refractivity contribution in [1.29, 1.82) is 0 Å². The Bertz CT molecular complexity index is 1920. The van der Waals surface area contributed by atoms with E-state index in [0.29, 0.717) is 29.4 Å². The predicted molar refractivity (Wildman–Crippen MR) is 224 cm³/mol. The molecule has 1 saturated heterocycles. The van der Waals surface area contributed by atoms with E-state index in [1.807, 2.05) is 6.08 Å². The predicted octanol–water partition coefficient (Wildman–Crippen LogP) is 10.4. The Labute approximate surface area is 315 Å². The summed E-state index contributed by atoms with van der Waals surface area (Å²) < 4.78 is 31.1. The molecule has 2 aromatic carbocycles. The monoisotopic (exact) mass is 761 g/mol. The standard InChI is InChI=1S/C40H63N5O4Si3/c1-38(2,3)50(10,11)46-25-30-33(48-51(12,13)39(4,5)6)34(49-52(14,15)40(7,8)9)37(47-30)45-31(44-32-35(41)42-26-43-36(32)45)24-23-28-21-18-20-27-19-16-17-22-29(27)28/h16-24,26,30,33-34,37H,25H2,1-15H3,(H2,41,42,43)/b24-23+/t30-,33-,34-,37-/m1/s1. The summed E-state index contributed by atoms with van der Waals surface area (Å²) in [5, 5.41) is 2.27. The Kier molecular flexibility index (Phi) is 11.0. The van der Waals surface area contributed by atoms with Crippen molar-refractivity contribution in [2.24, 2.45) is 0 Å². The van der Waals surface area contributed by atoms with Crippen LogP contribution in [0, 0.1) is 0 Å². The highest BCUT2D eigenvalue weighted by Crippen LogP contribution is 2.47. The van der Waals surface area contributed by atoms with E-state index in [-0.39, 0.29) is 15.1 Å². The van der Waals surface area contributed by atoms with Crippen LogP contribution in [0.1, 0.15) is 79.9 Å². The van der Waals surface area contributed by atoms with E-state index in [2.05, 4.69) is 160 Å². The lowest BCUT2D eigenvalue weighted by molar-refractivity contribution is -0.0473. The third-order valence-electron chi connectivity index (χ3n) is 12.2. The van der Waals surface area contributed by atoms with Gasteiger partial charge in [0.25, 0.3) is 0 Å². The summed E-state index contributed by atoms with van der Waals surface area (Å²) in [5.74, 6) is 0.969. The summed E-state index contributed by atoms with van der Waals surface area (Å²) in [6.07, 6.45) is 3.74. The average molecular weight is 762 g/mol. The van der Waals surface area contributed by atoms with Crippen LogP contribution in [0.5, 0.6) is 0 Å². The van der Waals surface area contributed by atoms with Gasteiger partial charge in [0, 0.05) is 0 Å². The normalized spacial score (nSPS) is 21.2. The number of ether oxygens (including phenoxy) is 1. The van der Waals surface area contributed by atoms with Crippen LogP contribution in [-0.4, -0.2) is 69.4 Å². The van der Waals surface area contributed by atoms with Crippen LogP contribution in [0.2, 0.25) is 54.4 Å². The molecular formula is C40H63N5O4Si3. The van der Waals surface area contributed by atoms with Crippen LogP contribution in [-0.2, 0) is 18.0 Å².